The molecule has 3 rings (SSSR count). The number of methoxy groups -OCH3 is 1. The number of carboxylic acid groups (broad SMARTS) is 1. The fraction of sp³-hybridized carbons (Fsp3) is 0.263. The summed E-state index contributed by atoms with van der Waals surface area (Å²) in [6.07, 6.45) is -0.887. The molecule has 0 aliphatic carbocycles. The maximum absolute atomic E-state index is 12.3. The first-order valence-corrected chi connectivity index (χ1v) is 9.08. The largest absolute Gasteiger partial charge is 0.495 e. The van der Waals surface area contributed by atoms with E-state index in [1.165, 1.54) is 12.0 Å². The van der Waals surface area contributed by atoms with Crippen LogP contribution in [0.2, 0.25) is 5.02 Å². The molecule has 148 valence electrons. The van der Waals surface area contributed by atoms with Gasteiger partial charge in [0.2, 0.25) is 0 Å². The molecule has 8 nitrogen and oxygen atoms in total. The maximum Gasteiger partial charge on any atom is 0.407 e. The van der Waals surface area contributed by atoms with Crippen LogP contribution in [0.4, 0.5) is 26.7 Å². The van der Waals surface area contributed by atoms with Gasteiger partial charge in [0.15, 0.2) is 0 Å². The molecule has 0 aromatic heterocycles. The average Bonchev–Trinajstić information content (AvgIpc) is 2.69. The topological polar surface area (TPSA) is 94.1 Å². The summed E-state index contributed by atoms with van der Waals surface area (Å²) >= 11 is 5.97. The van der Waals surface area contributed by atoms with Crippen LogP contribution < -0.4 is 20.3 Å². The third-order valence-electron chi connectivity index (χ3n) is 4.45. The Morgan fingerprint density at radius 3 is 2.32 bits per heavy atom. The van der Waals surface area contributed by atoms with Crippen LogP contribution in [-0.4, -0.2) is 55.4 Å². The monoisotopic (exact) mass is 404 g/mol. The predicted octanol–water partition coefficient (Wildman–Crippen LogP) is 3.79. The molecule has 9 heteroatoms. The predicted molar refractivity (Wildman–Crippen MR) is 109 cm³/mol. The molecule has 1 fully saturated rings. The lowest BCUT2D eigenvalue weighted by molar-refractivity contribution is 0.142. The lowest BCUT2D eigenvalue weighted by atomic mass is 10.2. The van der Waals surface area contributed by atoms with E-state index >= 15 is 0 Å². The van der Waals surface area contributed by atoms with Crippen LogP contribution in [-0.2, 0) is 0 Å². The van der Waals surface area contributed by atoms with Gasteiger partial charge in [-0.3, -0.25) is 0 Å². The highest BCUT2D eigenvalue weighted by molar-refractivity contribution is 6.31. The summed E-state index contributed by atoms with van der Waals surface area (Å²) < 4.78 is 5.21. The first-order valence-electron chi connectivity index (χ1n) is 8.70. The quantitative estimate of drug-likeness (QED) is 0.720. The number of carbonyl (C=O) groups excluding carboxylic acids is 1. The van der Waals surface area contributed by atoms with Crippen molar-refractivity contribution in [3.05, 3.63) is 47.5 Å². The number of piperazine rings is 1. The van der Waals surface area contributed by atoms with Crippen molar-refractivity contribution in [3.8, 4) is 5.75 Å². The normalized spacial score (nSPS) is 13.8. The van der Waals surface area contributed by atoms with Gasteiger partial charge >= 0.3 is 12.1 Å². The molecule has 1 aliphatic rings. The van der Waals surface area contributed by atoms with Gasteiger partial charge in [-0.25, -0.2) is 9.59 Å². The Balaban J connectivity index is 1.58. The molecule has 0 saturated carbocycles. The van der Waals surface area contributed by atoms with Gasteiger partial charge in [0.05, 0.1) is 12.8 Å². The minimum atomic E-state index is -0.887. The van der Waals surface area contributed by atoms with Gasteiger partial charge in [-0.05, 0) is 42.5 Å². The number of nitrogens with one attached hydrogen (secondary N) is 2. The van der Waals surface area contributed by atoms with Crippen LogP contribution in [0, 0.1) is 0 Å². The molecule has 2 aromatic carbocycles. The van der Waals surface area contributed by atoms with Crippen LogP contribution in [0.5, 0.6) is 5.75 Å². The SMILES string of the molecule is COc1ccc(Cl)cc1NC(=O)Nc1ccc(N2CCN(C(=O)O)CC2)cc1. The Morgan fingerprint density at radius 2 is 1.71 bits per heavy atom. The number of carbonyl (C=O) groups is 2. The fourth-order valence-corrected chi connectivity index (χ4v) is 3.15. The number of amides is 3. The van der Waals surface area contributed by atoms with E-state index in [0.717, 1.165) is 5.69 Å². The summed E-state index contributed by atoms with van der Waals surface area (Å²) in [5, 5.41) is 15.0. The molecule has 1 heterocycles. The highest BCUT2D eigenvalue weighted by atomic mass is 35.5. The second kappa shape index (κ2) is 8.71. The number of nitrogens with zero attached hydrogens (tertiary/aromatic N) is 2. The van der Waals surface area contributed by atoms with Crippen molar-refractivity contribution < 1.29 is 19.4 Å². The molecule has 0 spiro atoms. The van der Waals surface area contributed by atoms with Gasteiger partial charge in [-0.1, -0.05) is 11.6 Å². The van der Waals surface area contributed by atoms with Crippen molar-refractivity contribution in [3.63, 3.8) is 0 Å². The molecule has 3 amide bonds. The van der Waals surface area contributed by atoms with Gasteiger partial charge in [-0.15, -0.1) is 0 Å². The van der Waals surface area contributed by atoms with Gasteiger partial charge in [0.1, 0.15) is 5.75 Å². The fourth-order valence-electron chi connectivity index (χ4n) is 2.97. The number of benzene rings is 2. The highest BCUT2D eigenvalue weighted by Crippen LogP contribution is 2.28. The lowest BCUT2D eigenvalue weighted by Gasteiger charge is -2.34. The number of ether oxygens (including phenoxy) is 1. The highest BCUT2D eigenvalue weighted by Gasteiger charge is 2.20. The summed E-state index contributed by atoms with van der Waals surface area (Å²) in [5.41, 5.74) is 2.08. The number of rotatable bonds is 4. The first kappa shape index (κ1) is 19.6. The van der Waals surface area contributed by atoms with Crippen molar-refractivity contribution in [2.45, 2.75) is 0 Å². The van der Waals surface area contributed by atoms with Crippen molar-refractivity contribution in [2.24, 2.45) is 0 Å². The smallest absolute Gasteiger partial charge is 0.407 e. The molecule has 3 N–H and O–H groups in total. The third-order valence-corrected chi connectivity index (χ3v) is 4.69. The standard InChI is InChI=1S/C19H21ClN4O4/c1-28-17-7-2-13(20)12-16(17)22-18(25)21-14-3-5-15(6-4-14)23-8-10-24(11-9-23)19(26)27/h2-7,12H,8-11H2,1H3,(H,26,27)(H2,21,22,25). The van der Waals surface area contributed by atoms with Crippen LogP contribution in [0.15, 0.2) is 42.5 Å². The summed E-state index contributed by atoms with van der Waals surface area (Å²) in [6, 6.07) is 11.9. The summed E-state index contributed by atoms with van der Waals surface area (Å²) in [7, 11) is 1.52. The molecule has 1 saturated heterocycles. The van der Waals surface area contributed by atoms with Crippen LogP contribution >= 0.6 is 11.6 Å². The van der Waals surface area contributed by atoms with Crippen LogP contribution in [0.3, 0.4) is 0 Å². The molecule has 0 bridgehead atoms. The summed E-state index contributed by atoms with van der Waals surface area (Å²) in [5.74, 6) is 0.510. The Kier molecular flexibility index (Phi) is 6.10. The zero-order valence-corrected chi connectivity index (χ0v) is 16.1. The van der Waals surface area contributed by atoms with Crippen LogP contribution in [0.1, 0.15) is 0 Å². The number of hydrogen-bond acceptors (Lipinski definition) is 4. The van der Waals surface area contributed by atoms with Gasteiger partial charge in [-0.2, -0.15) is 0 Å². The van der Waals surface area contributed by atoms with E-state index in [1.807, 2.05) is 12.1 Å². The van der Waals surface area contributed by atoms with Gasteiger partial charge in [0, 0.05) is 42.6 Å². The van der Waals surface area contributed by atoms with E-state index in [1.54, 1.807) is 30.3 Å². The third kappa shape index (κ3) is 4.77. The zero-order valence-electron chi connectivity index (χ0n) is 15.3. The lowest BCUT2D eigenvalue weighted by Crippen LogP contribution is -2.48. The van der Waals surface area contributed by atoms with Gasteiger partial charge in [0.25, 0.3) is 0 Å². The summed E-state index contributed by atoms with van der Waals surface area (Å²) in [6.45, 7) is 2.21. The molecular formula is C19H21ClN4O4. The molecule has 0 radical (unpaired) electrons. The number of hydrogen-bond donors (Lipinski definition) is 3. The Bertz CT molecular complexity index is 852. The molecular weight excluding hydrogens is 384 g/mol. The number of anilines is 3. The minimum Gasteiger partial charge on any atom is -0.495 e. The molecule has 2 aromatic rings. The average molecular weight is 405 g/mol. The van der Waals surface area contributed by atoms with E-state index in [9.17, 15) is 9.59 Å². The van der Waals surface area contributed by atoms with E-state index in [2.05, 4.69) is 15.5 Å². The Morgan fingerprint density at radius 1 is 1.04 bits per heavy atom. The van der Waals surface area contributed by atoms with E-state index in [-0.39, 0.29) is 0 Å². The Labute approximate surface area is 167 Å². The number of halogens is 1. The maximum atomic E-state index is 12.3. The zero-order chi connectivity index (χ0) is 20.1. The summed E-state index contributed by atoms with van der Waals surface area (Å²) in [4.78, 5) is 26.8. The molecule has 1 aliphatic heterocycles. The number of urea groups is 1. The van der Waals surface area contributed by atoms with Crippen molar-refractivity contribution in [2.75, 3.05) is 48.8 Å². The molecule has 0 atom stereocenters. The Hall–Kier alpha value is -3.13. The minimum absolute atomic E-state index is 0.414. The first-order chi connectivity index (χ1) is 13.5. The molecule has 0 unspecified atom stereocenters. The van der Waals surface area contributed by atoms with Crippen molar-refractivity contribution >= 4 is 40.8 Å². The molecule has 28 heavy (non-hydrogen) atoms. The second-order valence-electron chi connectivity index (χ2n) is 6.23. The van der Waals surface area contributed by atoms with E-state index in [0.29, 0.717) is 48.3 Å². The van der Waals surface area contributed by atoms with Crippen molar-refractivity contribution in [1.29, 1.82) is 0 Å². The van der Waals surface area contributed by atoms with E-state index < -0.39 is 12.1 Å². The van der Waals surface area contributed by atoms with Crippen LogP contribution in [0.25, 0.3) is 0 Å². The second-order valence-corrected chi connectivity index (χ2v) is 6.66. The van der Waals surface area contributed by atoms with Gasteiger partial charge < -0.3 is 30.3 Å². The van der Waals surface area contributed by atoms with Crippen molar-refractivity contribution in [1.82, 2.24) is 4.90 Å². The van der Waals surface area contributed by atoms with E-state index in [4.69, 9.17) is 21.4 Å².